The molecule has 1 N–H and O–H groups in total. The highest BCUT2D eigenvalue weighted by Gasteiger charge is 2.25. The van der Waals surface area contributed by atoms with E-state index < -0.39 is 0 Å². The zero-order valence-corrected chi connectivity index (χ0v) is 10.3. The zero-order chi connectivity index (χ0) is 10.8. The van der Waals surface area contributed by atoms with Crippen molar-refractivity contribution in [3.05, 3.63) is 23.7 Å². The maximum absolute atomic E-state index is 12.1. The lowest BCUT2D eigenvalue weighted by atomic mass is 10.1. The standard InChI is InChI=1S/C11H16N2O2.ClH/c1-8-7-12-4-5-13(8)11(14)10-3-6-15-9(10)2;/h3,6,8,12H,4-5,7H2,1-2H3;1H. The van der Waals surface area contributed by atoms with E-state index in [1.165, 1.54) is 0 Å². The molecule has 1 saturated heterocycles. The van der Waals surface area contributed by atoms with Gasteiger partial charge in [0.05, 0.1) is 11.8 Å². The lowest BCUT2D eigenvalue weighted by molar-refractivity contribution is 0.0654. The van der Waals surface area contributed by atoms with Crippen LogP contribution in [0.3, 0.4) is 0 Å². The molecule has 1 aliphatic rings. The number of carbonyl (C=O) groups is 1. The van der Waals surface area contributed by atoms with Crippen LogP contribution in [0.5, 0.6) is 0 Å². The van der Waals surface area contributed by atoms with Gasteiger partial charge in [-0.25, -0.2) is 0 Å². The fourth-order valence-electron chi connectivity index (χ4n) is 1.90. The Hall–Kier alpha value is -1.00. The van der Waals surface area contributed by atoms with Crippen LogP contribution < -0.4 is 5.32 Å². The van der Waals surface area contributed by atoms with Gasteiger partial charge in [0.2, 0.25) is 0 Å². The molecule has 0 aliphatic carbocycles. The maximum atomic E-state index is 12.1. The minimum Gasteiger partial charge on any atom is -0.469 e. The molecule has 1 aromatic rings. The van der Waals surface area contributed by atoms with E-state index in [1.807, 2.05) is 11.8 Å². The first-order chi connectivity index (χ1) is 7.20. The van der Waals surface area contributed by atoms with E-state index in [4.69, 9.17) is 4.42 Å². The average Bonchev–Trinajstić information content (AvgIpc) is 2.64. The van der Waals surface area contributed by atoms with Crippen LogP contribution in [0.15, 0.2) is 16.7 Å². The highest BCUT2D eigenvalue weighted by Crippen LogP contribution is 2.14. The maximum Gasteiger partial charge on any atom is 0.257 e. The van der Waals surface area contributed by atoms with E-state index in [9.17, 15) is 4.79 Å². The van der Waals surface area contributed by atoms with Gasteiger partial charge >= 0.3 is 0 Å². The number of nitrogens with zero attached hydrogens (tertiary/aromatic N) is 1. The highest BCUT2D eigenvalue weighted by atomic mass is 35.5. The highest BCUT2D eigenvalue weighted by molar-refractivity contribution is 5.95. The average molecular weight is 245 g/mol. The molecule has 1 aliphatic heterocycles. The van der Waals surface area contributed by atoms with Crippen LogP contribution in [-0.2, 0) is 0 Å². The smallest absolute Gasteiger partial charge is 0.257 e. The van der Waals surface area contributed by atoms with Crippen molar-refractivity contribution in [2.45, 2.75) is 19.9 Å². The van der Waals surface area contributed by atoms with Crippen LogP contribution >= 0.6 is 12.4 Å². The molecule has 1 unspecified atom stereocenters. The Kier molecular flexibility index (Phi) is 4.38. The quantitative estimate of drug-likeness (QED) is 0.813. The van der Waals surface area contributed by atoms with Gasteiger partial charge in [0, 0.05) is 25.7 Å². The minimum absolute atomic E-state index is 0. The number of halogens is 1. The van der Waals surface area contributed by atoms with Crippen LogP contribution in [-0.4, -0.2) is 36.5 Å². The van der Waals surface area contributed by atoms with E-state index in [1.54, 1.807) is 12.3 Å². The number of nitrogens with one attached hydrogen (secondary N) is 1. The van der Waals surface area contributed by atoms with Crippen molar-refractivity contribution in [3.8, 4) is 0 Å². The first kappa shape index (κ1) is 13.1. The summed E-state index contributed by atoms with van der Waals surface area (Å²) in [5.74, 6) is 0.779. The van der Waals surface area contributed by atoms with Gasteiger partial charge in [0.25, 0.3) is 5.91 Å². The van der Waals surface area contributed by atoms with Gasteiger partial charge in [0.1, 0.15) is 5.76 Å². The van der Waals surface area contributed by atoms with Crippen LogP contribution in [0.2, 0.25) is 0 Å². The molecule has 2 rings (SSSR count). The summed E-state index contributed by atoms with van der Waals surface area (Å²) in [4.78, 5) is 14.0. The molecule has 4 nitrogen and oxygen atoms in total. The normalized spacial score (nSPS) is 20.4. The lowest BCUT2D eigenvalue weighted by Crippen LogP contribution is -2.52. The number of piperazine rings is 1. The molecule has 1 fully saturated rings. The zero-order valence-electron chi connectivity index (χ0n) is 9.53. The molecule has 90 valence electrons. The molecule has 0 bridgehead atoms. The van der Waals surface area contributed by atoms with Crippen molar-refractivity contribution in [1.82, 2.24) is 10.2 Å². The predicted octanol–water partition coefficient (Wildman–Crippen LogP) is 1.44. The van der Waals surface area contributed by atoms with Crippen molar-refractivity contribution in [2.24, 2.45) is 0 Å². The molecule has 5 heteroatoms. The first-order valence-electron chi connectivity index (χ1n) is 5.26. The van der Waals surface area contributed by atoms with E-state index in [2.05, 4.69) is 12.2 Å². The summed E-state index contributed by atoms with van der Waals surface area (Å²) in [5.41, 5.74) is 0.684. The Bertz CT molecular complexity index is 365. The second-order valence-corrected chi connectivity index (χ2v) is 3.94. The molecular weight excluding hydrogens is 228 g/mol. The van der Waals surface area contributed by atoms with Crippen molar-refractivity contribution in [3.63, 3.8) is 0 Å². The fraction of sp³-hybridized carbons (Fsp3) is 0.545. The van der Waals surface area contributed by atoms with E-state index in [0.717, 1.165) is 19.6 Å². The monoisotopic (exact) mass is 244 g/mol. The third kappa shape index (κ3) is 2.39. The topological polar surface area (TPSA) is 45.5 Å². The van der Waals surface area contributed by atoms with E-state index in [-0.39, 0.29) is 24.4 Å². The van der Waals surface area contributed by atoms with Crippen molar-refractivity contribution in [2.75, 3.05) is 19.6 Å². The largest absolute Gasteiger partial charge is 0.469 e. The number of aryl methyl sites for hydroxylation is 1. The summed E-state index contributed by atoms with van der Waals surface area (Å²) in [6, 6.07) is 1.99. The molecule has 1 atom stereocenters. The Morgan fingerprint density at radius 2 is 2.38 bits per heavy atom. The molecule has 0 aromatic carbocycles. The third-order valence-electron chi connectivity index (χ3n) is 2.85. The van der Waals surface area contributed by atoms with Crippen LogP contribution in [0.1, 0.15) is 23.0 Å². The van der Waals surface area contributed by atoms with Gasteiger partial charge in [-0.05, 0) is 19.9 Å². The van der Waals surface area contributed by atoms with Gasteiger partial charge in [-0.2, -0.15) is 0 Å². The fourth-order valence-corrected chi connectivity index (χ4v) is 1.90. The molecule has 0 saturated carbocycles. The van der Waals surface area contributed by atoms with Crippen molar-refractivity contribution in [1.29, 1.82) is 0 Å². The van der Waals surface area contributed by atoms with Gasteiger partial charge in [0.15, 0.2) is 0 Å². The molecule has 0 radical (unpaired) electrons. The van der Waals surface area contributed by atoms with Crippen LogP contribution in [0, 0.1) is 6.92 Å². The Balaban J connectivity index is 0.00000128. The number of hydrogen-bond donors (Lipinski definition) is 1. The van der Waals surface area contributed by atoms with Crippen molar-refractivity contribution >= 4 is 18.3 Å². The summed E-state index contributed by atoms with van der Waals surface area (Å²) in [6.07, 6.45) is 1.56. The summed E-state index contributed by atoms with van der Waals surface area (Å²) < 4.78 is 5.15. The van der Waals surface area contributed by atoms with Crippen LogP contribution in [0.4, 0.5) is 0 Å². The van der Waals surface area contributed by atoms with Gasteiger partial charge in [-0.3, -0.25) is 4.79 Å². The molecule has 1 aromatic heterocycles. The summed E-state index contributed by atoms with van der Waals surface area (Å²) in [7, 11) is 0. The molecule has 0 spiro atoms. The summed E-state index contributed by atoms with van der Waals surface area (Å²) >= 11 is 0. The van der Waals surface area contributed by atoms with Crippen LogP contribution in [0.25, 0.3) is 0 Å². The molecular formula is C11H17ClN2O2. The SMILES string of the molecule is Cc1occc1C(=O)N1CCNCC1C.Cl. The Morgan fingerprint density at radius 1 is 1.62 bits per heavy atom. The number of rotatable bonds is 1. The lowest BCUT2D eigenvalue weighted by Gasteiger charge is -2.33. The second kappa shape index (κ2) is 5.37. The van der Waals surface area contributed by atoms with E-state index >= 15 is 0 Å². The number of carbonyl (C=O) groups excluding carboxylic acids is 1. The van der Waals surface area contributed by atoms with Gasteiger partial charge < -0.3 is 14.6 Å². The summed E-state index contributed by atoms with van der Waals surface area (Å²) in [6.45, 7) is 6.37. The minimum atomic E-state index is 0. The van der Waals surface area contributed by atoms with Gasteiger partial charge in [-0.1, -0.05) is 0 Å². The van der Waals surface area contributed by atoms with E-state index in [0.29, 0.717) is 11.3 Å². The van der Waals surface area contributed by atoms with Crippen molar-refractivity contribution < 1.29 is 9.21 Å². The predicted molar refractivity (Wildman–Crippen MR) is 64.1 cm³/mol. The molecule has 2 heterocycles. The molecule has 16 heavy (non-hydrogen) atoms. The summed E-state index contributed by atoms with van der Waals surface area (Å²) in [5, 5.41) is 3.26. The third-order valence-corrected chi connectivity index (χ3v) is 2.85. The number of hydrogen-bond acceptors (Lipinski definition) is 3. The number of amides is 1. The first-order valence-corrected chi connectivity index (χ1v) is 5.26. The number of furan rings is 1. The second-order valence-electron chi connectivity index (χ2n) is 3.94. The Labute approximate surface area is 101 Å². The Morgan fingerprint density at radius 3 is 2.94 bits per heavy atom. The molecule has 1 amide bonds. The van der Waals surface area contributed by atoms with Gasteiger partial charge in [-0.15, -0.1) is 12.4 Å².